The van der Waals surface area contributed by atoms with Crippen LogP contribution in [0.15, 0.2) is 18.2 Å². The minimum Gasteiger partial charge on any atom is -0.508 e. The van der Waals surface area contributed by atoms with Crippen molar-refractivity contribution < 1.29 is 10.2 Å². The van der Waals surface area contributed by atoms with Crippen molar-refractivity contribution in [2.24, 2.45) is 0 Å². The lowest BCUT2D eigenvalue weighted by Crippen LogP contribution is -2.71. The van der Waals surface area contributed by atoms with E-state index in [9.17, 15) is 10.2 Å². The van der Waals surface area contributed by atoms with Crippen LogP contribution in [0.4, 0.5) is 0 Å². The summed E-state index contributed by atoms with van der Waals surface area (Å²) < 4.78 is 0. The summed E-state index contributed by atoms with van der Waals surface area (Å²) in [6.07, 6.45) is 6.18. The van der Waals surface area contributed by atoms with Gasteiger partial charge in [-0.2, -0.15) is 0 Å². The van der Waals surface area contributed by atoms with E-state index in [0.29, 0.717) is 5.75 Å². The number of fused-ring (bicyclic) bond motifs is 1. The Kier molecular flexibility index (Phi) is 2.52. The Morgan fingerprint density at radius 2 is 2.00 bits per heavy atom. The van der Waals surface area contributed by atoms with E-state index >= 15 is 0 Å². The molecule has 1 saturated heterocycles. The summed E-state index contributed by atoms with van der Waals surface area (Å²) in [6, 6.07) is 6.01. The SMILES string of the molecule is CN1CC[C@]23CCCCC2(O)[C@H]1Cc1ccc(O)cc13. The van der Waals surface area contributed by atoms with Crippen LogP contribution in [0.2, 0.25) is 0 Å². The van der Waals surface area contributed by atoms with Gasteiger partial charge in [-0.05, 0) is 62.5 Å². The van der Waals surface area contributed by atoms with Gasteiger partial charge in [0.2, 0.25) is 0 Å². The summed E-state index contributed by atoms with van der Waals surface area (Å²) in [5, 5.41) is 21.5. The van der Waals surface area contributed by atoms with E-state index in [1.165, 1.54) is 17.5 Å². The van der Waals surface area contributed by atoms with Gasteiger partial charge in [-0.25, -0.2) is 0 Å². The number of benzene rings is 1. The average molecular weight is 273 g/mol. The van der Waals surface area contributed by atoms with Gasteiger partial charge in [-0.3, -0.25) is 0 Å². The first-order valence-electron chi connectivity index (χ1n) is 7.82. The number of likely N-dealkylation sites (tertiary alicyclic amines) is 1. The highest BCUT2D eigenvalue weighted by Gasteiger charge is 2.62. The van der Waals surface area contributed by atoms with E-state index in [1.807, 2.05) is 6.07 Å². The summed E-state index contributed by atoms with van der Waals surface area (Å²) in [4.78, 5) is 2.35. The van der Waals surface area contributed by atoms with Crippen molar-refractivity contribution in [3.63, 3.8) is 0 Å². The maximum Gasteiger partial charge on any atom is 0.115 e. The number of aliphatic hydroxyl groups is 1. The molecule has 1 aromatic carbocycles. The minimum atomic E-state index is -0.612. The molecule has 0 spiro atoms. The molecule has 3 heteroatoms. The third kappa shape index (κ3) is 1.38. The molecule has 20 heavy (non-hydrogen) atoms. The van der Waals surface area contributed by atoms with Crippen LogP contribution in [0.25, 0.3) is 0 Å². The zero-order valence-corrected chi connectivity index (χ0v) is 12.1. The van der Waals surface area contributed by atoms with Crippen LogP contribution in [0.3, 0.4) is 0 Å². The number of hydrogen-bond donors (Lipinski definition) is 2. The largest absolute Gasteiger partial charge is 0.508 e. The van der Waals surface area contributed by atoms with Crippen LogP contribution in [-0.2, 0) is 11.8 Å². The van der Waals surface area contributed by atoms with Gasteiger partial charge in [-0.15, -0.1) is 0 Å². The third-order valence-corrected chi connectivity index (χ3v) is 6.24. The number of phenols is 1. The molecule has 2 aliphatic carbocycles. The van der Waals surface area contributed by atoms with Gasteiger partial charge in [0.05, 0.1) is 5.60 Å². The van der Waals surface area contributed by atoms with Crippen LogP contribution in [0.1, 0.15) is 43.2 Å². The summed E-state index contributed by atoms with van der Waals surface area (Å²) in [5.74, 6) is 0.337. The molecular formula is C17H23NO2. The second kappa shape index (κ2) is 3.99. The maximum atomic E-state index is 11.5. The lowest BCUT2D eigenvalue weighted by Gasteiger charge is -2.63. The summed E-state index contributed by atoms with van der Waals surface area (Å²) >= 11 is 0. The molecule has 1 saturated carbocycles. The van der Waals surface area contributed by atoms with Gasteiger partial charge < -0.3 is 15.1 Å². The van der Waals surface area contributed by atoms with Gasteiger partial charge in [0.25, 0.3) is 0 Å². The molecule has 3 aliphatic rings. The molecule has 2 fully saturated rings. The number of likely N-dealkylation sites (N-methyl/N-ethyl adjacent to an activating group) is 1. The normalized spacial score (nSPS) is 40.0. The first-order chi connectivity index (χ1) is 9.57. The molecule has 3 nitrogen and oxygen atoms in total. The van der Waals surface area contributed by atoms with Gasteiger partial charge >= 0.3 is 0 Å². The van der Waals surface area contributed by atoms with Crippen molar-refractivity contribution in [2.75, 3.05) is 13.6 Å². The molecule has 1 heterocycles. The quantitative estimate of drug-likeness (QED) is 0.761. The molecule has 2 bridgehead atoms. The van der Waals surface area contributed by atoms with E-state index in [1.54, 1.807) is 6.07 Å². The Morgan fingerprint density at radius 3 is 2.85 bits per heavy atom. The van der Waals surface area contributed by atoms with Crippen molar-refractivity contribution >= 4 is 0 Å². The van der Waals surface area contributed by atoms with Gasteiger partial charge in [0.15, 0.2) is 0 Å². The fourth-order valence-electron chi connectivity index (χ4n) is 5.22. The molecule has 3 atom stereocenters. The molecule has 0 radical (unpaired) electrons. The van der Waals surface area contributed by atoms with Crippen LogP contribution < -0.4 is 0 Å². The molecule has 0 amide bonds. The van der Waals surface area contributed by atoms with Gasteiger partial charge in [0.1, 0.15) is 5.75 Å². The van der Waals surface area contributed by atoms with Crippen molar-refractivity contribution in [3.05, 3.63) is 29.3 Å². The Bertz CT molecular complexity index is 558. The Hall–Kier alpha value is -1.06. The van der Waals surface area contributed by atoms with Gasteiger partial charge in [-0.1, -0.05) is 18.9 Å². The standard InChI is InChI=1S/C17H23NO2/c1-18-9-8-16-6-2-3-7-17(16,20)15(18)10-12-4-5-13(19)11-14(12)16/h4-5,11,15,19-20H,2-3,6-10H2,1H3/t15-,16+,17?/m1/s1. The number of hydrogen-bond acceptors (Lipinski definition) is 3. The Morgan fingerprint density at radius 1 is 1.20 bits per heavy atom. The lowest BCUT2D eigenvalue weighted by molar-refractivity contribution is -0.160. The molecule has 1 aromatic rings. The molecular weight excluding hydrogens is 250 g/mol. The highest BCUT2D eigenvalue weighted by atomic mass is 16.3. The molecule has 1 unspecified atom stereocenters. The fourth-order valence-corrected chi connectivity index (χ4v) is 5.22. The monoisotopic (exact) mass is 273 g/mol. The first-order valence-corrected chi connectivity index (χ1v) is 7.82. The van der Waals surface area contributed by atoms with E-state index in [-0.39, 0.29) is 11.5 Å². The van der Waals surface area contributed by atoms with E-state index < -0.39 is 5.60 Å². The minimum absolute atomic E-state index is 0.130. The fraction of sp³-hybridized carbons (Fsp3) is 0.647. The first kappa shape index (κ1) is 12.7. The van der Waals surface area contributed by atoms with Crippen molar-refractivity contribution in [1.29, 1.82) is 0 Å². The second-order valence-corrected chi connectivity index (χ2v) is 7.01. The summed E-state index contributed by atoms with van der Waals surface area (Å²) in [6.45, 7) is 1.04. The topological polar surface area (TPSA) is 43.7 Å². The average Bonchev–Trinajstić information content (AvgIpc) is 2.43. The number of nitrogens with zero attached hydrogens (tertiary/aromatic N) is 1. The van der Waals surface area contributed by atoms with Crippen LogP contribution in [-0.4, -0.2) is 40.3 Å². The van der Waals surface area contributed by atoms with Crippen LogP contribution in [0.5, 0.6) is 5.75 Å². The summed E-state index contributed by atoms with van der Waals surface area (Å²) in [7, 11) is 2.15. The Balaban J connectivity index is 1.97. The molecule has 108 valence electrons. The number of aromatic hydroxyl groups is 1. The maximum absolute atomic E-state index is 11.5. The van der Waals surface area contributed by atoms with Crippen molar-refractivity contribution in [2.45, 2.75) is 55.6 Å². The van der Waals surface area contributed by atoms with Crippen molar-refractivity contribution in [3.8, 4) is 5.75 Å². The number of piperidine rings is 1. The number of rotatable bonds is 0. The van der Waals surface area contributed by atoms with Crippen molar-refractivity contribution in [1.82, 2.24) is 4.90 Å². The zero-order chi connectivity index (χ0) is 14.0. The predicted octanol–water partition coefficient (Wildman–Crippen LogP) is 2.20. The van der Waals surface area contributed by atoms with E-state index in [4.69, 9.17) is 0 Å². The van der Waals surface area contributed by atoms with Crippen LogP contribution in [0, 0.1) is 0 Å². The van der Waals surface area contributed by atoms with Crippen LogP contribution >= 0.6 is 0 Å². The lowest BCUT2D eigenvalue weighted by atomic mass is 9.49. The zero-order valence-electron chi connectivity index (χ0n) is 12.1. The van der Waals surface area contributed by atoms with E-state index in [0.717, 1.165) is 38.6 Å². The summed E-state index contributed by atoms with van der Waals surface area (Å²) in [5.41, 5.74) is 1.81. The highest BCUT2D eigenvalue weighted by molar-refractivity contribution is 5.47. The number of phenolic OH excluding ortho intramolecular Hbond substituents is 1. The predicted molar refractivity (Wildman–Crippen MR) is 77.9 cm³/mol. The highest BCUT2D eigenvalue weighted by Crippen LogP contribution is 2.58. The third-order valence-electron chi connectivity index (χ3n) is 6.24. The van der Waals surface area contributed by atoms with Gasteiger partial charge in [0, 0.05) is 11.5 Å². The molecule has 2 N–H and O–H groups in total. The molecule has 0 aromatic heterocycles. The molecule has 1 aliphatic heterocycles. The molecule has 4 rings (SSSR count). The Labute approximate surface area is 120 Å². The second-order valence-electron chi connectivity index (χ2n) is 7.01. The van der Waals surface area contributed by atoms with E-state index in [2.05, 4.69) is 18.0 Å². The smallest absolute Gasteiger partial charge is 0.115 e.